The van der Waals surface area contributed by atoms with Crippen molar-refractivity contribution in [3.8, 4) is 51.0 Å². The smallest absolute Gasteiger partial charge is 0.164 e. The Morgan fingerprint density at radius 2 is 0.926 bits per heavy atom. The maximum absolute atomic E-state index is 6.91. The zero-order valence-electron chi connectivity index (χ0n) is 29.0. The summed E-state index contributed by atoms with van der Waals surface area (Å²) in [5.41, 5.74) is 9.92. The van der Waals surface area contributed by atoms with E-state index in [-0.39, 0.29) is 0 Å². The number of nitrogens with zero attached hydrogens (tertiary/aromatic N) is 4. The van der Waals surface area contributed by atoms with E-state index in [0.29, 0.717) is 17.5 Å². The van der Waals surface area contributed by atoms with Gasteiger partial charge in [-0.25, -0.2) is 15.0 Å². The van der Waals surface area contributed by atoms with Crippen LogP contribution < -0.4 is 0 Å². The molecule has 252 valence electrons. The van der Waals surface area contributed by atoms with Crippen LogP contribution in [0.2, 0.25) is 0 Å². The van der Waals surface area contributed by atoms with E-state index in [1.165, 1.54) is 32.7 Å². The first-order valence-electron chi connectivity index (χ1n) is 18.1. The second-order valence-corrected chi connectivity index (χ2v) is 13.6. The molecule has 0 N–H and O–H groups in total. The van der Waals surface area contributed by atoms with E-state index in [0.717, 1.165) is 55.3 Å². The Morgan fingerprint density at radius 1 is 0.370 bits per heavy atom. The van der Waals surface area contributed by atoms with Gasteiger partial charge in [0.2, 0.25) is 0 Å². The van der Waals surface area contributed by atoms with Gasteiger partial charge in [0.15, 0.2) is 23.1 Å². The fourth-order valence-electron chi connectivity index (χ4n) is 8.07. The summed E-state index contributed by atoms with van der Waals surface area (Å²) < 4.78 is 9.28. The third-order valence-corrected chi connectivity index (χ3v) is 10.4. The molecule has 0 saturated heterocycles. The molecule has 0 unspecified atom stereocenters. The van der Waals surface area contributed by atoms with Gasteiger partial charge < -0.3 is 8.98 Å². The first kappa shape index (κ1) is 30.3. The molecule has 0 fully saturated rings. The number of benzene rings is 8. The van der Waals surface area contributed by atoms with E-state index in [1.54, 1.807) is 0 Å². The molecule has 0 atom stereocenters. The molecule has 11 rings (SSSR count). The molecule has 0 amide bonds. The highest BCUT2D eigenvalue weighted by Crippen LogP contribution is 2.44. The molecule has 0 aliphatic carbocycles. The Bertz CT molecular complexity index is 3140. The minimum atomic E-state index is 0.595. The average molecular weight is 691 g/mol. The molecule has 5 heteroatoms. The largest absolute Gasteiger partial charge is 0.454 e. The number of fused-ring (bicyclic) bond motifs is 8. The van der Waals surface area contributed by atoms with E-state index >= 15 is 0 Å². The molecule has 0 saturated carbocycles. The fourth-order valence-corrected chi connectivity index (χ4v) is 8.07. The molecular formula is C49H30N4O. The first-order valence-corrected chi connectivity index (χ1v) is 18.1. The zero-order chi connectivity index (χ0) is 35.6. The van der Waals surface area contributed by atoms with Gasteiger partial charge in [-0.3, -0.25) is 0 Å². The van der Waals surface area contributed by atoms with Gasteiger partial charge in [-0.1, -0.05) is 158 Å². The van der Waals surface area contributed by atoms with Crippen LogP contribution >= 0.6 is 0 Å². The van der Waals surface area contributed by atoms with Crippen LogP contribution in [0.5, 0.6) is 0 Å². The summed E-state index contributed by atoms with van der Waals surface area (Å²) in [5.74, 6) is 1.84. The van der Waals surface area contributed by atoms with Crippen molar-refractivity contribution in [2.24, 2.45) is 0 Å². The van der Waals surface area contributed by atoms with Crippen molar-refractivity contribution in [1.82, 2.24) is 19.5 Å². The summed E-state index contributed by atoms with van der Waals surface area (Å²) in [7, 11) is 0. The number of hydrogen-bond donors (Lipinski definition) is 0. The standard InChI is InChI=1S/C49H30N4O/c1-4-16-31(17-5-1)39-30-42-44(35-23-11-10-22-34(35)39)36-24-12-13-27-40(36)53(42)41-28-14-25-37-45-38(26-15-29-43(45)54-46(37)41)49-51-47(32-18-6-2-7-19-32)50-48(52-49)33-20-8-3-9-21-33/h1-30H. The summed E-state index contributed by atoms with van der Waals surface area (Å²) in [6, 6.07) is 63.2. The average Bonchev–Trinajstić information content (AvgIpc) is 3.80. The highest BCUT2D eigenvalue weighted by Gasteiger charge is 2.23. The highest BCUT2D eigenvalue weighted by molar-refractivity contribution is 6.25. The summed E-state index contributed by atoms with van der Waals surface area (Å²) in [4.78, 5) is 15.1. The monoisotopic (exact) mass is 690 g/mol. The molecule has 3 aromatic heterocycles. The molecule has 0 spiro atoms. The van der Waals surface area contributed by atoms with Crippen LogP contribution in [0.3, 0.4) is 0 Å². The predicted octanol–water partition coefficient (Wildman–Crippen LogP) is 12.7. The van der Waals surface area contributed by atoms with Gasteiger partial charge in [-0.05, 0) is 46.2 Å². The minimum Gasteiger partial charge on any atom is -0.454 e. The molecule has 5 nitrogen and oxygen atoms in total. The Labute approximate surface area is 310 Å². The Morgan fingerprint density at radius 3 is 1.63 bits per heavy atom. The van der Waals surface area contributed by atoms with E-state index in [1.807, 2.05) is 72.8 Å². The topological polar surface area (TPSA) is 56.7 Å². The maximum Gasteiger partial charge on any atom is 0.164 e. The van der Waals surface area contributed by atoms with Gasteiger partial charge >= 0.3 is 0 Å². The van der Waals surface area contributed by atoms with Gasteiger partial charge in [0.05, 0.1) is 16.7 Å². The van der Waals surface area contributed by atoms with Crippen molar-refractivity contribution in [2.45, 2.75) is 0 Å². The molecular weight excluding hydrogens is 661 g/mol. The van der Waals surface area contributed by atoms with Crippen molar-refractivity contribution in [2.75, 3.05) is 0 Å². The normalized spacial score (nSPS) is 11.7. The number of rotatable bonds is 5. The predicted molar refractivity (Wildman–Crippen MR) is 221 cm³/mol. The second-order valence-electron chi connectivity index (χ2n) is 13.6. The quantitative estimate of drug-likeness (QED) is 0.180. The van der Waals surface area contributed by atoms with Gasteiger partial charge in [-0.2, -0.15) is 0 Å². The van der Waals surface area contributed by atoms with Gasteiger partial charge in [-0.15, -0.1) is 0 Å². The SMILES string of the molecule is c1ccc(-c2nc(-c3ccccc3)nc(-c3cccc4oc5c(-n6c7ccccc7c7c8ccccc8c(-c8ccccc8)cc76)cccc5c34)n2)cc1. The lowest BCUT2D eigenvalue weighted by molar-refractivity contribution is 0.666. The van der Waals surface area contributed by atoms with Crippen LogP contribution in [0.15, 0.2) is 186 Å². The van der Waals surface area contributed by atoms with Crippen LogP contribution in [-0.2, 0) is 0 Å². The summed E-state index contributed by atoms with van der Waals surface area (Å²) in [5, 5.41) is 6.84. The van der Waals surface area contributed by atoms with Crippen molar-refractivity contribution >= 4 is 54.5 Å². The Kier molecular flexibility index (Phi) is 6.79. The van der Waals surface area contributed by atoms with E-state index in [4.69, 9.17) is 19.4 Å². The second kappa shape index (κ2) is 12.1. The van der Waals surface area contributed by atoms with Crippen LogP contribution in [0.25, 0.3) is 105 Å². The van der Waals surface area contributed by atoms with Gasteiger partial charge in [0.25, 0.3) is 0 Å². The maximum atomic E-state index is 6.91. The van der Waals surface area contributed by atoms with Crippen molar-refractivity contribution in [1.29, 1.82) is 0 Å². The fraction of sp³-hybridized carbons (Fsp3) is 0. The minimum absolute atomic E-state index is 0.595. The van der Waals surface area contributed by atoms with Crippen LogP contribution in [0.1, 0.15) is 0 Å². The number of para-hydroxylation sites is 2. The van der Waals surface area contributed by atoms with E-state index in [2.05, 4.69) is 114 Å². The number of furan rings is 1. The summed E-state index contributed by atoms with van der Waals surface area (Å²) >= 11 is 0. The molecule has 0 aliphatic heterocycles. The lowest BCUT2D eigenvalue weighted by atomic mass is 9.95. The van der Waals surface area contributed by atoms with Crippen LogP contribution in [-0.4, -0.2) is 19.5 Å². The van der Waals surface area contributed by atoms with Crippen LogP contribution in [0, 0.1) is 0 Å². The Hall–Kier alpha value is -7.37. The number of hydrogen-bond acceptors (Lipinski definition) is 4. The van der Waals surface area contributed by atoms with Crippen molar-refractivity contribution in [3.63, 3.8) is 0 Å². The lowest BCUT2D eigenvalue weighted by Gasteiger charge is -2.12. The Balaban J connectivity index is 1.20. The molecule has 0 aliphatic rings. The molecule has 54 heavy (non-hydrogen) atoms. The third kappa shape index (κ3) is 4.69. The van der Waals surface area contributed by atoms with E-state index < -0.39 is 0 Å². The first-order chi connectivity index (χ1) is 26.8. The highest BCUT2D eigenvalue weighted by atomic mass is 16.3. The third-order valence-electron chi connectivity index (χ3n) is 10.4. The van der Waals surface area contributed by atoms with Crippen molar-refractivity contribution in [3.05, 3.63) is 182 Å². The lowest BCUT2D eigenvalue weighted by Crippen LogP contribution is -2.00. The summed E-state index contributed by atoms with van der Waals surface area (Å²) in [6.45, 7) is 0. The van der Waals surface area contributed by atoms with Gasteiger partial charge in [0.1, 0.15) is 5.58 Å². The van der Waals surface area contributed by atoms with Crippen LogP contribution in [0.4, 0.5) is 0 Å². The molecule has 3 heterocycles. The molecule has 0 bridgehead atoms. The number of aromatic nitrogens is 4. The molecule has 8 aromatic carbocycles. The zero-order valence-corrected chi connectivity index (χ0v) is 29.0. The van der Waals surface area contributed by atoms with Gasteiger partial charge in [0, 0.05) is 38.2 Å². The van der Waals surface area contributed by atoms with E-state index in [9.17, 15) is 0 Å². The summed E-state index contributed by atoms with van der Waals surface area (Å²) in [6.07, 6.45) is 0. The molecule has 0 radical (unpaired) electrons. The molecule has 11 aromatic rings. The van der Waals surface area contributed by atoms with Crippen molar-refractivity contribution < 1.29 is 4.42 Å².